The first-order valence-electron chi connectivity index (χ1n) is 8.80. The van der Waals surface area contributed by atoms with Gasteiger partial charge >= 0.3 is 0 Å². The SMILES string of the molecule is COc1ccc(C(O)(c2ccccc2)c2ccccc2C(C)O)cc1OC. The van der Waals surface area contributed by atoms with Gasteiger partial charge in [-0.1, -0.05) is 60.7 Å². The van der Waals surface area contributed by atoms with Gasteiger partial charge in [0.1, 0.15) is 5.60 Å². The van der Waals surface area contributed by atoms with Crippen molar-refractivity contribution in [3.63, 3.8) is 0 Å². The van der Waals surface area contributed by atoms with Gasteiger partial charge in [0.25, 0.3) is 0 Å². The maximum absolute atomic E-state index is 12.0. The Balaban J connectivity index is 2.31. The zero-order valence-electron chi connectivity index (χ0n) is 15.7. The van der Waals surface area contributed by atoms with E-state index < -0.39 is 11.7 Å². The second kappa shape index (κ2) is 7.82. The van der Waals surface area contributed by atoms with Gasteiger partial charge in [-0.25, -0.2) is 0 Å². The molecule has 3 aromatic carbocycles. The van der Waals surface area contributed by atoms with Crippen molar-refractivity contribution in [2.75, 3.05) is 14.2 Å². The smallest absolute Gasteiger partial charge is 0.161 e. The maximum Gasteiger partial charge on any atom is 0.161 e. The van der Waals surface area contributed by atoms with Gasteiger partial charge in [-0.05, 0) is 41.3 Å². The van der Waals surface area contributed by atoms with E-state index in [9.17, 15) is 10.2 Å². The summed E-state index contributed by atoms with van der Waals surface area (Å²) in [6.07, 6.45) is -0.725. The summed E-state index contributed by atoms with van der Waals surface area (Å²) in [6.45, 7) is 1.69. The molecule has 0 heterocycles. The van der Waals surface area contributed by atoms with Crippen LogP contribution < -0.4 is 9.47 Å². The van der Waals surface area contributed by atoms with Gasteiger partial charge in [0, 0.05) is 0 Å². The van der Waals surface area contributed by atoms with Crippen molar-refractivity contribution in [2.24, 2.45) is 0 Å². The van der Waals surface area contributed by atoms with E-state index in [0.29, 0.717) is 33.8 Å². The topological polar surface area (TPSA) is 58.9 Å². The van der Waals surface area contributed by atoms with Gasteiger partial charge in [0.05, 0.1) is 20.3 Å². The van der Waals surface area contributed by atoms with E-state index in [2.05, 4.69) is 0 Å². The molecule has 0 amide bonds. The third-order valence-electron chi connectivity index (χ3n) is 4.79. The summed E-state index contributed by atoms with van der Waals surface area (Å²) in [5.41, 5.74) is 1.15. The van der Waals surface area contributed by atoms with Crippen molar-refractivity contribution in [3.05, 3.63) is 95.1 Å². The fourth-order valence-electron chi connectivity index (χ4n) is 3.41. The summed E-state index contributed by atoms with van der Waals surface area (Å²) in [7, 11) is 3.14. The predicted molar refractivity (Wildman–Crippen MR) is 105 cm³/mol. The van der Waals surface area contributed by atoms with Gasteiger partial charge in [-0.2, -0.15) is 0 Å². The Labute approximate surface area is 159 Å². The van der Waals surface area contributed by atoms with E-state index in [1.54, 1.807) is 33.3 Å². The highest BCUT2D eigenvalue weighted by Crippen LogP contribution is 2.42. The minimum atomic E-state index is -1.46. The lowest BCUT2D eigenvalue weighted by atomic mass is 9.77. The monoisotopic (exact) mass is 364 g/mol. The lowest BCUT2D eigenvalue weighted by Crippen LogP contribution is -2.30. The highest BCUT2D eigenvalue weighted by Gasteiger charge is 2.37. The standard InChI is InChI=1S/C23H24O4/c1-16(24)19-11-7-8-12-20(19)23(25,17-9-5-4-6-10-17)18-13-14-21(26-2)22(15-18)27-3/h4-16,24-25H,1-3H3. The fourth-order valence-corrected chi connectivity index (χ4v) is 3.41. The largest absolute Gasteiger partial charge is 0.493 e. The normalized spacial score (nSPS) is 14.3. The lowest BCUT2D eigenvalue weighted by molar-refractivity contribution is 0.118. The molecule has 0 radical (unpaired) electrons. The maximum atomic E-state index is 12.0. The molecule has 0 aliphatic heterocycles. The lowest BCUT2D eigenvalue weighted by Gasteiger charge is -2.33. The van der Waals surface area contributed by atoms with Crippen LogP contribution >= 0.6 is 0 Å². The molecule has 2 N–H and O–H groups in total. The molecule has 4 heteroatoms. The first-order valence-corrected chi connectivity index (χ1v) is 8.80. The first-order chi connectivity index (χ1) is 13.0. The molecule has 27 heavy (non-hydrogen) atoms. The highest BCUT2D eigenvalue weighted by atomic mass is 16.5. The summed E-state index contributed by atoms with van der Waals surface area (Å²) in [6, 6.07) is 22.1. The molecule has 2 atom stereocenters. The van der Waals surface area contributed by atoms with Crippen LogP contribution in [0, 0.1) is 0 Å². The van der Waals surface area contributed by atoms with Crippen molar-refractivity contribution in [2.45, 2.75) is 18.6 Å². The molecule has 0 spiro atoms. The van der Waals surface area contributed by atoms with Crippen molar-refractivity contribution in [1.82, 2.24) is 0 Å². The Morgan fingerprint density at radius 3 is 2.04 bits per heavy atom. The van der Waals surface area contributed by atoms with Crippen LogP contribution in [0.15, 0.2) is 72.8 Å². The average molecular weight is 364 g/mol. The number of hydrogen-bond acceptors (Lipinski definition) is 4. The number of ether oxygens (including phenoxy) is 2. The number of methoxy groups -OCH3 is 2. The van der Waals surface area contributed by atoms with Gasteiger partial charge in [0.15, 0.2) is 11.5 Å². The zero-order valence-corrected chi connectivity index (χ0v) is 15.7. The minimum absolute atomic E-state index is 0.527. The molecule has 0 saturated heterocycles. The van der Waals surface area contributed by atoms with Crippen LogP contribution in [0.3, 0.4) is 0 Å². The van der Waals surface area contributed by atoms with E-state index in [1.165, 1.54) is 0 Å². The molecule has 0 aliphatic carbocycles. The Morgan fingerprint density at radius 1 is 0.778 bits per heavy atom. The van der Waals surface area contributed by atoms with Crippen LogP contribution in [0.2, 0.25) is 0 Å². The number of benzene rings is 3. The van der Waals surface area contributed by atoms with Crippen LogP contribution in [0.5, 0.6) is 11.5 Å². The second-order valence-electron chi connectivity index (χ2n) is 6.41. The molecule has 140 valence electrons. The summed E-state index contributed by atoms with van der Waals surface area (Å²) in [5.74, 6) is 1.11. The Bertz CT molecular complexity index is 905. The summed E-state index contributed by atoms with van der Waals surface area (Å²) < 4.78 is 10.8. The first kappa shape index (κ1) is 19.0. The average Bonchev–Trinajstić information content (AvgIpc) is 2.73. The van der Waals surface area contributed by atoms with Gasteiger partial charge in [-0.3, -0.25) is 0 Å². The number of aliphatic hydroxyl groups is 2. The third-order valence-corrected chi connectivity index (χ3v) is 4.79. The molecule has 0 aliphatic rings. The molecule has 0 fully saturated rings. The quantitative estimate of drug-likeness (QED) is 0.648. The molecule has 0 bridgehead atoms. The van der Waals surface area contributed by atoms with Crippen molar-refractivity contribution >= 4 is 0 Å². The zero-order chi connectivity index (χ0) is 19.4. The van der Waals surface area contributed by atoms with Crippen LogP contribution in [0.4, 0.5) is 0 Å². The molecule has 0 aromatic heterocycles. The second-order valence-corrected chi connectivity index (χ2v) is 6.41. The van der Waals surface area contributed by atoms with Crippen LogP contribution in [-0.4, -0.2) is 24.4 Å². The Hall–Kier alpha value is -2.82. The number of rotatable bonds is 6. The Morgan fingerprint density at radius 2 is 1.41 bits per heavy atom. The summed E-state index contributed by atoms with van der Waals surface area (Å²) in [4.78, 5) is 0. The Kier molecular flexibility index (Phi) is 5.49. The summed E-state index contributed by atoms with van der Waals surface area (Å²) in [5, 5.41) is 22.3. The van der Waals surface area contributed by atoms with Gasteiger partial charge < -0.3 is 19.7 Å². The fraction of sp³-hybridized carbons (Fsp3) is 0.217. The molecule has 0 saturated carbocycles. The number of aliphatic hydroxyl groups excluding tert-OH is 1. The molecular weight excluding hydrogens is 340 g/mol. The molecular formula is C23H24O4. The van der Waals surface area contributed by atoms with Gasteiger partial charge in [0.2, 0.25) is 0 Å². The third kappa shape index (κ3) is 3.42. The molecule has 4 nitrogen and oxygen atoms in total. The van der Waals surface area contributed by atoms with Crippen molar-refractivity contribution in [1.29, 1.82) is 0 Å². The van der Waals surface area contributed by atoms with E-state index >= 15 is 0 Å². The highest BCUT2D eigenvalue weighted by molar-refractivity contribution is 5.54. The molecule has 3 aromatic rings. The van der Waals surface area contributed by atoms with Crippen LogP contribution in [0.1, 0.15) is 35.3 Å². The molecule has 2 unspecified atom stereocenters. The van der Waals surface area contributed by atoms with E-state index in [1.807, 2.05) is 60.7 Å². The van der Waals surface area contributed by atoms with E-state index in [4.69, 9.17) is 9.47 Å². The summed E-state index contributed by atoms with van der Waals surface area (Å²) >= 11 is 0. The van der Waals surface area contributed by atoms with E-state index in [0.717, 1.165) is 0 Å². The van der Waals surface area contributed by atoms with Crippen LogP contribution in [-0.2, 0) is 5.60 Å². The minimum Gasteiger partial charge on any atom is -0.493 e. The van der Waals surface area contributed by atoms with Gasteiger partial charge in [-0.15, -0.1) is 0 Å². The van der Waals surface area contributed by atoms with Crippen molar-refractivity contribution < 1.29 is 19.7 Å². The van der Waals surface area contributed by atoms with Crippen LogP contribution in [0.25, 0.3) is 0 Å². The van der Waals surface area contributed by atoms with Crippen molar-refractivity contribution in [3.8, 4) is 11.5 Å². The molecule has 3 rings (SSSR count). The number of hydrogen-bond donors (Lipinski definition) is 2. The predicted octanol–water partition coefficient (Wildman–Crippen LogP) is 4.04. The van der Waals surface area contributed by atoms with E-state index in [-0.39, 0.29) is 0 Å².